The molecule has 6 heteroatoms. The fourth-order valence-corrected chi connectivity index (χ4v) is 3.46. The molecule has 0 saturated heterocycles. The Labute approximate surface area is 164 Å². The van der Waals surface area contributed by atoms with Crippen LogP contribution in [0.2, 0.25) is 0 Å². The zero-order valence-corrected chi connectivity index (χ0v) is 16.2. The van der Waals surface area contributed by atoms with E-state index in [0.29, 0.717) is 42.7 Å². The smallest absolute Gasteiger partial charge is 0.269 e. The average molecular weight is 376 g/mol. The standard InChI is InChI=1S/C22H24N4O2/c1-15-6-5-8-20(24-15)19-12-17(19)14-28-21-13-16(22(27)26(2)25-21)9-10-18-7-3-4-11-23-18/h3-8,11,13,17,19H,9-10,12,14H2,1-2H3/t17-,19+/m1/s1. The Balaban J connectivity index is 1.38. The maximum absolute atomic E-state index is 12.4. The highest BCUT2D eigenvalue weighted by atomic mass is 16.5. The van der Waals surface area contributed by atoms with E-state index < -0.39 is 0 Å². The molecule has 4 rings (SSSR count). The Bertz CT molecular complexity index is 1020. The van der Waals surface area contributed by atoms with Crippen LogP contribution in [-0.2, 0) is 19.9 Å². The Kier molecular flexibility index (Phi) is 5.19. The van der Waals surface area contributed by atoms with Gasteiger partial charge in [0.2, 0.25) is 5.88 Å². The maximum atomic E-state index is 12.4. The van der Waals surface area contributed by atoms with Crippen molar-refractivity contribution < 1.29 is 4.74 Å². The van der Waals surface area contributed by atoms with E-state index in [9.17, 15) is 4.79 Å². The molecule has 0 bridgehead atoms. The molecule has 3 aromatic rings. The molecule has 0 radical (unpaired) electrons. The second-order valence-electron chi connectivity index (χ2n) is 7.37. The van der Waals surface area contributed by atoms with E-state index in [1.165, 1.54) is 4.68 Å². The first kappa shape index (κ1) is 18.3. The minimum absolute atomic E-state index is 0.0865. The third kappa shape index (κ3) is 4.27. The Hall–Kier alpha value is -3.02. The van der Waals surface area contributed by atoms with Gasteiger partial charge in [-0.05, 0) is 50.5 Å². The van der Waals surface area contributed by atoms with Gasteiger partial charge in [0, 0.05) is 53.8 Å². The van der Waals surface area contributed by atoms with Crippen LogP contribution in [0.25, 0.3) is 0 Å². The summed E-state index contributed by atoms with van der Waals surface area (Å²) in [6.45, 7) is 2.60. The summed E-state index contributed by atoms with van der Waals surface area (Å²) in [6, 6.07) is 13.7. The van der Waals surface area contributed by atoms with Crippen molar-refractivity contribution >= 4 is 0 Å². The van der Waals surface area contributed by atoms with Crippen molar-refractivity contribution in [2.45, 2.75) is 32.1 Å². The zero-order valence-electron chi connectivity index (χ0n) is 16.2. The Morgan fingerprint density at radius 2 is 2.07 bits per heavy atom. The largest absolute Gasteiger partial charge is 0.476 e. The van der Waals surface area contributed by atoms with Crippen molar-refractivity contribution in [2.75, 3.05) is 6.61 Å². The molecule has 0 spiro atoms. The maximum Gasteiger partial charge on any atom is 0.269 e. The van der Waals surface area contributed by atoms with Crippen molar-refractivity contribution in [3.8, 4) is 5.88 Å². The van der Waals surface area contributed by atoms with Crippen molar-refractivity contribution in [3.05, 3.63) is 81.7 Å². The summed E-state index contributed by atoms with van der Waals surface area (Å²) >= 11 is 0. The molecule has 1 saturated carbocycles. The molecule has 28 heavy (non-hydrogen) atoms. The fraction of sp³-hybridized carbons (Fsp3) is 0.364. The molecule has 1 fully saturated rings. The Morgan fingerprint density at radius 3 is 2.86 bits per heavy atom. The van der Waals surface area contributed by atoms with Crippen LogP contribution < -0.4 is 10.3 Å². The normalized spacial score (nSPS) is 18.1. The van der Waals surface area contributed by atoms with E-state index >= 15 is 0 Å². The van der Waals surface area contributed by atoms with E-state index in [1.807, 2.05) is 31.2 Å². The quantitative estimate of drug-likeness (QED) is 0.634. The molecule has 0 N–H and O–H groups in total. The van der Waals surface area contributed by atoms with E-state index in [4.69, 9.17) is 4.74 Å². The van der Waals surface area contributed by atoms with E-state index in [1.54, 1.807) is 19.3 Å². The van der Waals surface area contributed by atoms with Gasteiger partial charge in [-0.25, -0.2) is 4.68 Å². The molecule has 1 aliphatic carbocycles. The summed E-state index contributed by atoms with van der Waals surface area (Å²) in [5, 5.41) is 4.25. The second-order valence-corrected chi connectivity index (χ2v) is 7.37. The average Bonchev–Trinajstić information content (AvgIpc) is 3.48. The lowest BCUT2D eigenvalue weighted by molar-refractivity contribution is 0.277. The van der Waals surface area contributed by atoms with Crippen molar-refractivity contribution in [2.24, 2.45) is 13.0 Å². The first-order valence-electron chi connectivity index (χ1n) is 9.63. The lowest BCUT2D eigenvalue weighted by atomic mass is 10.1. The number of hydrogen-bond donors (Lipinski definition) is 0. The van der Waals surface area contributed by atoms with Crippen LogP contribution in [0.15, 0.2) is 53.5 Å². The minimum atomic E-state index is -0.0865. The van der Waals surface area contributed by atoms with Crippen LogP contribution in [0, 0.1) is 12.8 Å². The summed E-state index contributed by atoms with van der Waals surface area (Å²) in [5.41, 5.74) is 3.76. The second kappa shape index (κ2) is 7.92. The lowest BCUT2D eigenvalue weighted by Gasteiger charge is -2.09. The van der Waals surface area contributed by atoms with Gasteiger partial charge in [0.05, 0.1) is 6.61 Å². The zero-order chi connectivity index (χ0) is 19.5. The van der Waals surface area contributed by atoms with Gasteiger partial charge in [-0.2, -0.15) is 0 Å². The van der Waals surface area contributed by atoms with Crippen LogP contribution in [0.5, 0.6) is 5.88 Å². The molecule has 144 valence electrons. The first-order chi connectivity index (χ1) is 13.6. The molecule has 0 amide bonds. The topological polar surface area (TPSA) is 69.9 Å². The molecular weight excluding hydrogens is 352 g/mol. The van der Waals surface area contributed by atoms with Gasteiger partial charge >= 0.3 is 0 Å². The van der Waals surface area contributed by atoms with E-state index in [-0.39, 0.29) is 5.56 Å². The van der Waals surface area contributed by atoms with Crippen molar-refractivity contribution in [1.29, 1.82) is 0 Å². The summed E-state index contributed by atoms with van der Waals surface area (Å²) in [5.74, 6) is 1.40. The number of aryl methyl sites for hydroxylation is 4. The third-order valence-electron chi connectivity index (χ3n) is 5.15. The van der Waals surface area contributed by atoms with Gasteiger partial charge in [-0.1, -0.05) is 12.1 Å². The predicted octanol–water partition coefficient (Wildman–Crippen LogP) is 2.85. The highest BCUT2D eigenvalue weighted by molar-refractivity contribution is 5.22. The highest BCUT2D eigenvalue weighted by Gasteiger charge is 2.40. The van der Waals surface area contributed by atoms with Crippen LogP contribution in [0.4, 0.5) is 0 Å². The SMILES string of the molecule is Cc1cccc([C@H]2C[C@@H]2COc2cc(CCc3ccccn3)c(=O)n(C)n2)n1. The van der Waals surface area contributed by atoms with E-state index in [0.717, 1.165) is 23.5 Å². The van der Waals surface area contributed by atoms with Crippen molar-refractivity contribution in [1.82, 2.24) is 19.7 Å². The van der Waals surface area contributed by atoms with Crippen molar-refractivity contribution in [3.63, 3.8) is 0 Å². The van der Waals surface area contributed by atoms with E-state index in [2.05, 4.69) is 27.2 Å². The molecular formula is C22H24N4O2. The first-order valence-corrected chi connectivity index (χ1v) is 9.63. The van der Waals surface area contributed by atoms with Gasteiger partial charge in [0.1, 0.15) is 0 Å². The van der Waals surface area contributed by atoms with Gasteiger partial charge < -0.3 is 4.74 Å². The van der Waals surface area contributed by atoms with Crippen LogP contribution in [0.1, 0.15) is 35.0 Å². The van der Waals surface area contributed by atoms with Gasteiger partial charge in [-0.15, -0.1) is 5.10 Å². The molecule has 0 aromatic carbocycles. The lowest BCUT2D eigenvalue weighted by Crippen LogP contribution is -2.24. The molecule has 0 aliphatic heterocycles. The monoisotopic (exact) mass is 376 g/mol. The number of hydrogen-bond acceptors (Lipinski definition) is 5. The fourth-order valence-electron chi connectivity index (χ4n) is 3.46. The highest BCUT2D eigenvalue weighted by Crippen LogP contribution is 2.46. The van der Waals surface area contributed by atoms with Crippen LogP contribution >= 0.6 is 0 Å². The summed E-state index contributed by atoms with van der Waals surface area (Å²) < 4.78 is 7.28. The molecule has 3 aromatic heterocycles. The Morgan fingerprint density at radius 1 is 1.18 bits per heavy atom. The summed E-state index contributed by atoms with van der Waals surface area (Å²) in [4.78, 5) is 21.3. The summed E-state index contributed by atoms with van der Waals surface area (Å²) in [6.07, 6.45) is 4.17. The minimum Gasteiger partial charge on any atom is -0.476 e. The number of aromatic nitrogens is 4. The van der Waals surface area contributed by atoms with Gasteiger partial charge in [0.25, 0.3) is 5.56 Å². The van der Waals surface area contributed by atoms with Gasteiger partial charge in [-0.3, -0.25) is 14.8 Å². The predicted molar refractivity (Wildman–Crippen MR) is 106 cm³/mol. The molecule has 0 unspecified atom stereocenters. The number of nitrogens with zero attached hydrogens (tertiary/aromatic N) is 4. The number of ether oxygens (including phenoxy) is 1. The van der Waals surface area contributed by atoms with Gasteiger partial charge in [0.15, 0.2) is 0 Å². The third-order valence-corrected chi connectivity index (χ3v) is 5.15. The molecule has 3 heterocycles. The number of rotatable bonds is 7. The molecule has 6 nitrogen and oxygen atoms in total. The van der Waals surface area contributed by atoms with Crippen LogP contribution in [0.3, 0.4) is 0 Å². The van der Waals surface area contributed by atoms with Crippen LogP contribution in [-0.4, -0.2) is 26.4 Å². The summed E-state index contributed by atoms with van der Waals surface area (Å²) in [7, 11) is 1.66. The molecule has 2 atom stereocenters. The number of pyridine rings is 2. The molecule has 1 aliphatic rings.